The van der Waals surface area contributed by atoms with E-state index in [2.05, 4.69) is 12.1 Å². The number of rotatable bonds is 10. The number of ether oxygens (including phenoxy) is 2. The van der Waals surface area contributed by atoms with Crippen LogP contribution in [0.1, 0.15) is 18.1 Å². The molecule has 34 heavy (non-hydrogen) atoms. The zero-order chi connectivity index (χ0) is 23.9. The van der Waals surface area contributed by atoms with E-state index in [-0.39, 0.29) is 0 Å². The average molecular weight is 457 g/mol. The molecule has 0 amide bonds. The standard InChI is InChI=1S/C28H28N2O4/c1-3-33-26-12-8-7-11-23(26)25-18-24(29-30(25)16-15-21-9-5-4-6-10-21)22-14-13-20(2)17-27(22)34-19-28(31)32/h4-14,17-18H,3,15-16,19H2,1-2H3,(H,31,32). The van der Waals surface area contributed by atoms with Crippen molar-refractivity contribution in [1.29, 1.82) is 0 Å². The van der Waals surface area contributed by atoms with Crippen molar-refractivity contribution < 1.29 is 19.4 Å². The van der Waals surface area contributed by atoms with Crippen LogP contribution in [0.2, 0.25) is 0 Å². The molecule has 0 aliphatic heterocycles. The van der Waals surface area contributed by atoms with E-state index in [0.717, 1.165) is 40.2 Å². The van der Waals surface area contributed by atoms with Crippen molar-refractivity contribution in [3.05, 3.63) is 90.0 Å². The first-order valence-corrected chi connectivity index (χ1v) is 11.3. The second-order valence-corrected chi connectivity index (χ2v) is 7.98. The van der Waals surface area contributed by atoms with Gasteiger partial charge in [0.25, 0.3) is 0 Å². The minimum atomic E-state index is -1.02. The molecule has 0 saturated carbocycles. The zero-order valence-corrected chi connectivity index (χ0v) is 19.4. The van der Waals surface area contributed by atoms with Crippen molar-refractivity contribution in [2.24, 2.45) is 0 Å². The summed E-state index contributed by atoms with van der Waals surface area (Å²) in [6, 6.07) is 26.0. The maximum atomic E-state index is 11.1. The number of aryl methyl sites for hydroxylation is 3. The molecule has 0 fully saturated rings. The topological polar surface area (TPSA) is 73.6 Å². The van der Waals surface area contributed by atoms with E-state index in [1.165, 1.54) is 5.56 Å². The highest BCUT2D eigenvalue weighted by Crippen LogP contribution is 2.36. The van der Waals surface area contributed by atoms with E-state index in [0.29, 0.717) is 18.9 Å². The summed E-state index contributed by atoms with van der Waals surface area (Å²) in [5.41, 5.74) is 5.56. The Morgan fingerprint density at radius 2 is 1.68 bits per heavy atom. The fourth-order valence-electron chi connectivity index (χ4n) is 3.88. The number of hydrogen-bond acceptors (Lipinski definition) is 4. The van der Waals surface area contributed by atoms with Gasteiger partial charge in [0.1, 0.15) is 11.5 Å². The third kappa shape index (κ3) is 5.46. The van der Waals surface area contributed by atoms with Crippen LogP contribution >= 0.6 is 0 Å². The third-order valence-corrected chi connectivity index (χ3v) is 5.46. The highest BCUT2D eigenvalue weighted by molar-refractivity contribution is 5.76. The molecule has 0 bridgehead atoms. The van der Waals surface area contributed by atoms with Crippen LogP contribution < -0.4 is 9.47 Å². The fourth-order valence-corrected chi connectivity index (χ4v) is 3.88. The van der Waals surface area contributed by atoms with Gasteiger partial charge in [0.15, 0.2) is 6.61 Å². The Kier molecular flexibility index (Phi) is 7.28. The number of carboxylic acids is 1. The molecular weight excluding hydrogens is 428 g/mol. The number of aliphatic carboxylic acids is 1. The van der Waals surface area contributed by atoms with Gasteiger partial charge in [-0.1, -0.05) is 48.5 Å². The van der Waals surface area contributed by atoms with Crippen LogP contribution in [0.4, 0.5) is 0 Å². The maximum Gasteiger partial charge on any atom is 0.341 e. The lowest BCUT2D eigenvalue weighted by atomic mass is 10.1. The predicted octanol–water partition coefficient (Wildman–Crippen LogP) is 5.63. The van der Waals surface area contributed by atoms with Gasteiger partial charge < -0.3 is 14.6 Å². The first kappa shape index (κ1) is 23.1. The van der Waals surface area contributed by atoms with Crippen molar-refractivity contribution in [3.8, 4) is 34.0 Å². The molecule has 0 aliphatic carbocycles. The zero-order valence-electron chi connectivity index (χ0n) is 19.4. The Morgan fingerprint density at radius 3 is 2.44 bits per heavy atom. The van der Waals surface area contributed by atoms with Crippen LogP contribution in [0.5, 0.6) is 11.5 Å². The normalized spacial score (nSPS) is 10.8. The number of nitrogens with zero attached hydrogens (tertiary/aromatic N) is 2. The summed E-state index contributed by atoms with van der Waals surface area (Å²) < 4.78 is 13.5. The molecule has 0 saturated heterocycles. The molecule has 0 aliphatic rings. The third-order valence-electron chi connectivity index (χ3n) is 5.46. The molecule has 4 rings (SSSR count). The monoisotopic (exact) mass is 456 g/mol. The minimum Gasteiger partial charge on any atom is -0.493 e. The van der Waals surface area contributed by atoms with Gasteiger partial charge in [0, 0.05) is 17.7 Å². The van der Waals surface area contributed by atoms with Crippen LogP contribution in [0, 0.1) is 6.92 Å². The van der Waals surface area contributed by atoms with Gasteiger partial charge in [-0.15, -0.1) is 0 Å². The highest BCUT2D eigenvalue weighted by atomic mass is 16.5. The Labute approximate surface area is 199 Å². The molecule has 3 aromatic carbocycles. The van der Waals surface area contributed by atoms with E-state index >= 15 is 0 Å². The summed E-state index contributed by atoms with van der Waals surface area (Å²) in [7, 11) is 0. The molecule has 0 atom stereocenters. The number of para-hydroxylation sites is 1. The number of hydrogen-bond donors (Lipinski definition) is 1. The summed E-state index contributed by atoms with van der Waals surface area (Å²) in [5.74, 6) is 0.274. The molecule has 1 aromatic heterocycles. The lowest BCUT2D eigenvalue weighted by molar-refractivity contribution is -0.139. The molecule has 4 aromatic rings. The first-order chi connectivity index (χ1) is 16.5. The Hall–Kier alpha value is -4.06. The average Bonchev–Trinajstić information content (AvgIpc) is 3.26. The summed E-state index contributed by atoms with van der Waals surface area (Å²) in [5, 5.41) is 14.0. The summed E-state index contributed by atoms with van der Waals surface area (Å²) in [6.07, 6.45) is 0.821. The van der Waals surface area contributed by atoms with Crippen molar-refractivity contribution in [1.82, 2.24) is 9.78 Å². The maximum absolute atomic E-state index is 11.1. The van der Waals surface area contributed by atoms with Gasteiger partial charge in [0.2, 0.25) is 0 Å². The lowest BCUT2D eigenvalue weighted by Gasteiger charge is -2.12. The van der Waals surface area contributed by atoms with E-state index < -0.39 is 12.6 Å². The number of benzene rings is 3. The Balaban J connectivity index is 1.78. The van der Waals surface area contributed by atoms with Crippen LogP contribution in [0.3, 0.4) is 0 Å². The molecule has 6 heteroatoms. The molecule has 1 N–H and O–H groups in total. The predicted molar refractivity (Wildman–Crippen MR) is 132 cm³/mol. The Bertz CT molecular complexity index is 1260. The van der Waals surface area contributed by atoms with Gasteiger partial charge >= 0.3 is 5.97 Å². The summed E-state index contributed by atoms with van der Waals surface area (Å²) >= 11 is 0. The minimum absolute atomic E-state index is 0.412. The second-order valence-electron chi connectivity index (χ2n) is 7.98. The van der Waals surface area contributed by atoms with Gasteiger partial charge in [-0.2, -0.15) is 5.10 Å². The van der Waals surface area contributed by atoms with Crippen molar-refractivity contribution in [2.45, 2.75) is 26.8 Å². The van der Waals surface area contributed by atoms with Gasteiger partial charge in [-0.3, -0.25) is 4.68 Å². The SMILES string of the molecule is CCOc1ccccc1-c1cc(-c2ccc(C)cc2OCC(=O)O)nn1CCc1ccccc1. The second kappa shape index (κ2) is 10.7. The molecular formula is C28H28N2O4. The fraction of sp³-hybridized carbons (Fsp3) is 0.214. The van der Waals surface area contributed by atoms with Gasteiger partial charge in [0.05, 0.1) is 18.0 Å². The number of carboxylic acid groups (broad SMARTS) is 1. The van der Waals surface area contributed by atoms with E-state index in [1.54, 1.807) is 0 Å². The van der Waals surface area contributed by atoms with Crippen molar-refractivity contribution in [3.63, 3.8) is 0 Å². The van der Waals surface area contributed by atoms with Crippen LogP contribution in [0.15, 0.2) is 78.9 Å². The summed E-state index contributed by atoms with van der Waals surface area (Å²) in [4.78, 5) is 11.1. The summed E-state index contributed by atoms with van der Waals surface area (Å²) in [6.45, 7) is 4.74. The van der Waals surface area contributed by atoms with E-state index in [1.807, 2.05) is 85.3 Å². The number of aromatic nitrogens is 2. The largest absolute Gasteiger partial charge is 0.493 e. The lowest BCUT2D eigenvalue weighted by Crippen LogP contribution is -2.10. The van der Waals surface area contributed by atoms with Crippen LogP contribution in [-0.2, 0) is 17.8 Å². The van der Waals surface area contributed by atoms with Gasteiger partial charge in [-0.25, -0.2) is 4.79 Å². The molecule has 174 valence electrons. The first-order valence-electron chi connectivity index (χ1n) is 11.3. The Morgan fingerprint density at radius 1 is 0.912 bits per heavy atom. The molecule has 0 unspecified atom stereocenters. The van der Waals surface area contributed by atoms with Crippen LogP contribution in [-0.4, -0.2) is 34.1 Å². The number of carbonyl (C=O) groups is 1. The van der Waals surface area contributed by atoms with Gasteiger partial charge in [-0.05, 0) is 61.7 Å². The smallest absolute Gasteiger partial charge is 0.341 e. The molecule has 0 spiro atoms. The van der Waals surface area contributed by atoms with E-state index in [4.69, 9.17) is 19.7 Å². The highest BCUT2D eigenvalue weighted by Gasteiger charge is 2.18. The van der Waals surface area contributed by atoms with Crippen LogP contribution in [0.25, 0.3) is 22.5 Å². The van der Waals surface area contributed by atoms with E-state index in [9.17, 15) is 4.79 Å². The molecule has 1 heterocycles. The quantitative estimate of drug-likeness (QED) is 0.335. The molecule has 6 nitrogen and oxygen atoms in total. The van der Waals surface area contributed by atoms with Crippen molar-refractivity contribution in [2.75, 3.05) is 13.2 Å². The molecule has 0 radical (unpaired) electrons. The van der Waals surface area contributed by atoms with Crippen molar-refractivity contribution >= 4 is 5.97 Å².